The summed E-state index contributed by atoms with van der Waals surface area (Å²) in [6.07, 6.45) is 0. The van der Waals surface area contributed by atoms with Crippen LogP contribution in [0, 0.1) is 11.7 Å². The number of hydrogen-bond donors (Lipinski definition) is 1. The molecule has 0 saturated heterocycles. The fourth-order valence-corrected chi connectivity index (χ4v) is 1.98. The summed E-state index contributed by atoms with van der Waals surface area (Å²) < 4.78 is 19.0. The first kappa shape index (κ1) is 14.9. The summed E-state index contributed by atoms with van der Waals surface area (Å²) in [5.41, 5.74) is 1.11. The van der Waals surface area contributed by atoms with Crippen LogP contribution in [0.1, 0.15) is 19.4 Å². The first-order valence-electron chi connectivity index (χ1n) is 6.22. The van der Waals surface area contributed by atoms with Crippen LogP contribution in [-0.4, -0.2) is 31.9 Å². The molecule has 0 saturated carbocycles. The topological polar surface area (TPSA) is 32.7 Å². The van der Waals surface area contributed by atoms with Gasteiger partial charge < -0.3 is 14.7 Å². The second kappa shape index (κ2) is 7.34. The molecular formula is C14H22FNO2. The van der Waals surface area contributed by atoms with E-state index in [0.717, 1.165) is 6.54 Å². The molecule has 102 valence electrons. The molecular weight excluding hydrogens is 233 g/mol. The summed E-state index contributed by atoms with van der Waals surface area (Å²) in [5, 5.41) is 9.33. The lowest BCUT2D eigenvalue weighted by Gasteiger charge is -2.28. The first-order chi connectivity index (χ1) is 8.60. The molecule has 0 atom stereocenters. The number of methoxy groups -OCH3 is 1. The average Bonchev–Trinajstić information content (AvgIpc) is 2.34. The fourth-order valence-electron chi connectivity index (χ4n) is 1.98. The second-order valence-electron chi connectivity index (χ2n) is 4.74. The van der Waals surface area contributed by atoms with Gasteiger partial charge in [0.25, 0.3) is 0 Å². The van der Waals surface area contributed by atoms with Gasteiger partial charge in [0.1, 0.15) is 5.82 Å². The van der Waals surface area contributed by atoms with Crippen molar-refractivity contribution in [2.45, 2.75) is 20.5 Å². The van der Waals surface area contributed by atoms with Gasteiger partial charge in [-0.25, -0.2) is 4.39 Å². The monoisotopic (exact) mass is 255 g/mol. The predicted molar refractivity (Wildman–Crippen MR) is 71.2 cm³/mol. The maximum Gasteiger partial charge on any atom is 0.146 e. The van der Waals surface area contributed by atoms with Crippen molar-refractivity contribution in [3.05, 3.63) is 29.6 Å². The predicted octanol–water partition coefficient (Wildman–Crippen LogP) is 2.43. The Morgan fingerprint density at radius 3 is 2.67 bits per heavy atom. The lowest BCUT2D eigenvalue weighted by molar-refractivity contribution is 0.204. The van der Waals surface area contributed by atoms with Crippen molar-refractivity contribution in [2.24, 2.45) is 5.92 Å². The Balaban J connectivity index is 3.02. The van der Waals surface area contributed by atoms with E-state index in [2.05, 4.69) is 13.8 Å². The van der Waals surface area contributed by atoms with Crippen LogP contribution in [-0.2, 0) is 11.3 Å². The minimum atomic E-state index is -0.293. The highest BCUT2D eigenvalue weighted by atomic mass is 19.1. The second-order valence-corrected chi connectivity index (χ2v) is 4.74. The van der Waals surface area contributed by atoms with Crippen molar-refractivity contribution < 1.29 is 14.2 Å². The molecule has 0 bridgehead atoms. The summed E-state index contributed by atoms with van der Waals surface area (Å²) in [6.45, 7) is 5.89. The highest BCUT2D eigenvalue weighted by Crippen LogP contribution is 2.25. The minimum absolute atomic E-state index is 0.158. The SMILES string of the molecule is COCCN(CC(C)C)c1c(F)cccc1CO. The Labute approximate surface area is 108 Å². The lowest BCUT2D eigenvalue weighted by atomic mass is 10.1. The third kappa shape index (κ3) is 3.96. The molecule has 0 radical (unpaired) electrons. The molecule has 0 aliphatic rings. The Morgan fingerprint density at radius 2 is 2.11 bits per heavy atom. The summed E-state index contributed by atoms with van der Waals surface area (Å²) >= 11 is 0. The Morgan fingerprint density at radius 1 is 1.39 bits per heavy atom. The summed E-state index contributed by atoms with van der Waals surface area (Å²) in [5.74, 6) is 0.117. The maximum absolute atomic E-state index is 14.0. The fraction of sp³-hybridized carbons (Fsp3) is 0.571. The normalized spacial score (nSPS) is 11.0. The average molecular weight is 255 g/mol. The number of ether oxygens (including phenoxy) is 1. The van der Waals surface area contributed by atoms with Crippen molar-refractivity contribution in [1.82, 2.24) is 0 Å². The molecule has 1 rings (SSSR count). The van der Waals surface area contributed by atoms with Crippen LogP contribution in [0.5, 0.6) is 0 Å². The summed E-state index contributed by atoms with van der Waals surface area (Å²) in [4.78, 5) is 1.94. The molecule has 1 aromatic carbocycles. The van der Waals surface area contributed by atoms with Gasteiger partial charge in [0.15, 0.2) is 0 Å². The Hall–Kier alpha value is -1.13. The van der Waals surface area contributed by atoms with Crippen LogP contribution in [0.25, 0.3) is 0 Å². The molecule has 0 amide bonds. The molecule has 0 spiro atoms. The van der Waals surface area contributed by atoms with E-state index in [1.807, 2.05) is 4.90 Å². The largest absolute Gasteiger partial charge is 0.392 e. The van der Waals surface area contributed by atoms with Crippen molar-refractivity contribution in [3.8, 4) is 0 Å². The van der Waals surface area contributed by atoms with E-state index >= 15 is 0 Å². The molecule has 18 heavy (non-hydrogen) atoms. The molecule has 0 aliphatic heterocycles. The summed E-state index contributed by atoms with van der Waals surface area (Å²) in [7, 11) is 1.63. The third-order valence-corrected chi connectivity index (χ3v) is 2.71. The minimum Gasteiger partial charge on any atom is -0.392 e. The van der Waals surface area contributed by atoms with Crippen molar-refractivity contribution in [2.75, 3.05) is 31.7 Å². The first-order valence-corrected chi connectivity index (χ1v) is 6.22. The molecule has 0 heterocycles. The number of nitrogens with zero attached hydrogens (tertiary/aromatic N) is 1. The number of rotatable bonds is 7. The quantitative estimate of drug-likeness (QED) is 0.812. The Bertz CT molecular complexity index is 369. The van der Waals surface area contributed by atoms with Crippen molar-refractivity contribution >= 4 is 5.69 Å². The third-order valence-electron chi connectivity index (χ3n) is 2.71. The van der Waals surface area contributed by atoms with Gasteiger partial charge in [0.2, 0.25) is 0 Å². The van der Waals surface area contributed by atoms with Crippen LogP contribution in [0.15, 0.2) is 18.2 Å². The number of aliphatic hydroxyl groups excluding tert-OH is 1. The van der Waals surface area contributed by atoms with Crippen LogP contribution in [0.4, 0.5) is 10.1 Å². The highest BCUT2D eigenvalue weighted by molar-refractivity contribution is 5.54. The molecule has 1 N–H and O–H groups in total. The molecule has 0 aromatic heterocycles. The number of halogens is 1. The Kier molecular flexibility index (Phi) is 6.09. The standard InChI is InChI=1S/C14H22FNO2/c1-11(2)9-16(7-8-18-3)14-12(10-17)5-4-6-13(14)15/h4-6,11,17H,7-10H2,1-3H3. The van der Waals surface area contributed by atoms with Gasteiger partial charge in [0, 0.05) is 25.8 Å². The molecule has 0 aliphatic carbocycles. The summed E-state index contributed by atoms with van der Waals surface area (Å²) in [6, 6.07) is 4.79. The number of hydrogen-bond acceptors (Lipinski definition) is 3. The molecule has 0 unspecified atom stereocenters. The highest BCUT2D eigenvalue weighted by Gasteiger charge is 2.16. The van der Waals surface area contributed by atoms with Gasteiger partial charge in [-0.3, -0.25) is 0 Å². The molecule has 3 nitrogen and oxygen atoms in total. The number of benzene rings is 1. The van der Waals surface area contributed by atoms with E-state index in [4.69, 9.17) is 4.74 Å². The van der Waals surface area contributed by atoms with Gasteiger partial charge in [0.05, 0.1) is 18.9 Å². The zero-order valence-corrected chi connectivity index (χ0v) is 11.3. The van der Waals surface area contributed by atoms with E-state index in [0.29, 0.717) is 30.3 Å². The van der Waals surface area contributed by atoms with Crippen molar-refractivity contribution in [3.63, 3.8) is 0 Å². The number of anilines is 1. The van der Waals surface area contributed by atoms with Gasteiger partial charge >= 0.3 is 0 Å². The smallest absolute Gasteiger partial charge is 0.146 e. The van der Waals surface area contributed by atoms with Gasteiger partial charge in [-0.1, -0.05) is 26.0 Å². The van der Waals surface area contributed by atoms with Crippen LogP contribution in [0.3, 0.4) is 0 Å². The number of aliphatic hydroxyl groups is 1. The van der Waals surface area contributed by atoms with Crippen molar-refractivity contribution in [1.29, 1.82) is 0 Å². The van der Waals surface area contributed by atoms with E-state index in [9.17, 15) is 9.50 Å². The van der Waals surface area contributed by atoms with E-state index in [-0.39, 0.29) is 12.4 Å². The maximum atomic E-state index is 14.0. The molecule has 4 heteroatoms. The van der Waals surface area contributed by atoms with E-state index < -0.39 is 0 Å². The van der Waals surface area contributed by atoms with Gasteiger partial charge in [-0.15, -0.1) is 0 Å². The molecule has 1 aromatic rings. The zero-order chi connectivity index (χ0) is 13.5. The molecule has 0 fully saturated rings. The van der Waals surface area contributed by atoms with E-state index in [1.54, 1.807) is 19.2 Å². The van der Waals surface area contributed by atoms with E-state index in [1.165, 1.54) is 6.07 Å². The van der Waals surface area contributed by atoms with Crippen LogP contribution < -0.4 is 4.90 Å². The van der Waals surface area contributed by atoms with Crippen LogP contribution in [0.2, 0.25) is 0 Å². The van der Waals surface area contributed by atoms with Crippen LogP contribution >= 0.6 is 0 Å². The zero-order valence-electron chi connectivity index (χ0n) is 11.3. The number of para-hydroxylation sites is 1. The lowest BCUT2D eigenvalue weighted by Crippen LogP contribution is -2.32. The van der Waals surface area contributed by atoms with Gasteiger partial charge in [-0.05, 0) is 12.0 Å². The van der Waals surface area contributed by atoms with Gasteiger partial charge in [-0.2, -0.15) is 0 Å².